The van der Waals surface area contributed by atoms with E-state index in [-0.39, 0.29) is 5.91 Å². The lowest BCUT2D eigenvalue weighted by Gasteiger charge is -2.18. The van der Waals surface area contributed by atoms with Crippen molar-refractivity contribution in [1.29, 1.82) is 0 Å². The fourth-order valence-corrected chi connectivity index (χ4v) is 2.33. The second kappa shape index (κ2) is 4.68. The first-order valence-electron chi connectivity index (χ1n) is 5.96. The molecule has 0 aliphatic carbocycles. The molecule has 1 atom stereocenters. The summed E-state index contributed by atoms with van der Waals surface area (Å²) in [4.78, 5) is 17.9. The van der Waals surface area contributed by atoms with Crippen LogP contribution >= 0.6 is 0 Å². The normalized spacial score (nSPS) is 20.8. The van der Waals surface area contributed by atoms with Crippen molar-refractivity contribution < 1.29 is 4.79 Å². The molecule has 88 valence electrons. The lowest BCUT2D eigenvalue weighted by Crippen LogP contribution is -2.28. The van der Waals surface area contributed by atoms with Gasteiger partial charge in [-0.05, 0) is 19.3 Å². The van der Waals surface area contributed by atoms with Crippen molar-refractivity contribution in [2.24, 2.45) is 5.92 Å². The van der Waals surface area contributed by atoms with Crippen molar-refractivity contribution in [1.82, 2.24) is 14.5 Å². The van der Waals surface area contributed by atoms with Gasteiger partial charge >= 0.3 is 0 Å². The number of hydrogen-bond donors (Lipinski definition) is 0. The number of imidazole rings is 1. The number of aryl methyl sites for hydroxylation is 1. The van der Waals surface area contributed by atoms with Crippen LogP contribution in [-0.2, 0) is 11.5 Å². The molecule has 0 N–H and O–H groups in total. The first kappa shape index (κ1) is 11.2. The number of rotatable bonds is 4. The number of carbonyl (C=O) groups is 1. The maximum Gasteiger partial charge on any atom is 0.224 e. The van der Waals surface area contributed by atoms with Crippen LogP contribution in [-0.4, -0.2) is 26.9 Å². The van der Waals surface area contributed by atoms with Crippen LogP contribution in [0.25, 0.3) is 0 Å². The fraction of sp³-hybridized carbons (Fsp3) is 0.667. The van der Waals surface area contributed by atoms with Gasteiger partial charge in [0.2, 0.25) is 5.91 Å². The molecule has 1 aromatic rings. The van der Waals surface area contributed by atoms with E-state index in [4.69, 9.17) is 0 Å². The smallest absolute Gasteiger partial charge is 0.224 e. The van der Waals surface area contributed by atoms with Gasteiger partial charge in [-0.1, -0.05) is 13.3 Å². The molecule has 1 aliphatic heterocycles. The van der Waals surface area contributed by atoms with Gasteiger partial charge in [0.15, 0.2) is 0 Å². The van der Waals surface area contributed by atoms with Gasteiger partial charge < -0.3 is 9.47 Å². The number of amides is 1. The highest BCUT2D eigenvalue weighted by Crippen LogP contribution is 2.22. The highest BCUT2D eigenvalue weighted by atomic mass is 16.2. The molecular formula is C12H19N3O. The lowest BCUT2D eigenvalue weighted by atomic mass is 10.0. The summed E-state index contributed by atoms with van der Waals surface area (Å²) in [6.45, 7) is 5.70. The fourth-order valence-electron chi connectivity index (χ4n) is 2.33. The quantitative estimate of drug-likeness (QED) is 0.777. The van der Waals surface area contributed by atoms with E-state index < -0.39 is 0 Å². The maximum atomic E-state index is 11.8. The molecule has 1 fully saturated rings. The van der Waals surface area contributed by atoms with E-state index in [1.807, 2.05) is 22.6 Å². The van der Waals surface area contributed by atoms with Crippen molar-refractivity contribution in [3.63, 3.8) is 0 Å². The number of likely N-dealkylation sites (tertiary alicyclic amines) is 1. The molecule has 0 bridgehead atoms. The van der Waals surface area contributed by atoms with E-state index in [0.717, 1.165) is 31.6 Å². The molecule has 2 rings (SSSR count). The van der Waals surface area contributed by atoms with E-state index in [1.54, 1.807) is 6.20 Å². The predicted octanol–water partition coefficient (Wildman–Crippen LogP) is 1.80. The monoisotopic (exact) mass is 221 g/mol. The first-order valence-corrected chi connectivity index (χ1v) is 5.96. The minimum absolute atomic E-state index is 0.284. The van der Waals surface area contributed by atoms with Crippen molar-refractivity contribution in [3.8, 4) is 0 Å². The molecule has 0 spiro atoms. The summed E-state index contributed by atoms with van der Waals surface area (Å²) in [7, 11) is 0. The van der Waals surface area contributed by atoms with Crippen LogP contribution in [0.3, 0.4) is 0 Å². The topological polar surface area (TPSA) is 38.1 Å². The summed E-state index contributed by atoms with van der Waals surface area (Å²) >= 11 is 0. The standard InChI is InChI=1S/C12H19N3O/c1-3-4-11-7-12(16)15(8-11)9-14-6-5-13-10(14)2/h5-6,11H,3-4,7-9H2,1-2H3. The largest absolute Gasteiger partial charge is 0.324 e. The molecule has 4 nitrogen and oxygen atoms in total. The molecule has 1 aromatic heterocycles. The number of carbonyl (C=O) groups excluding carboxylic acids is 1. The van der Waals surface area contributed by atoms with Crippen molar-refractivity contribution in [2.45, 2.75) is 39.8 Å². The van der Waals surface area contributed by atoms with Gasteiger partial charge in [-0.15, -0.1) is 0 Å². The highest BCUT2D eigenvalue weighted by Gasteiger charge is 2.28. The second-order valence-corrected chi connectivity index (χ2v) is 4.56. The third kappa shape index (κ3) is 2.26. The van der Waals surface area contributed by atoms with Crippen LogP contribution in [0.1, 0.15) is 32.0 Å². The highest BCUT2D eigenvalue weighted by molar-refractivity contribution is 5.78. The van der Waals surface area contributed by atoms with Crippen LogP contribution in [0, 0.1) is 12.8 Å². The van der Waals surface area contributed by atoms with Crippen LogP contribution in [0.5, 0.6) is 0 Å². The summed E-state index contributed by atoms with van der Waals surface area (Å²) in [6.07, 6.45) is 6.75. The second-order valence-electron chi connectivity index (χ2n) is 4.56. The predicted molar refractivity (Wildman–Crippen MR) is 61.7 cm³/mol. The SMILES string of the molecule is CCCC1CC(=O)N(Cn2ccnc2C)C1. The Kier molecular flexibility index (Phi) is 3.27. The van der Waals surface area contributed by atoms with Crippen LogP contribution in [0.2, 0.25) is 0 Å². The summed E-state index contributed by atoms with van der Waals surface area (Å²) in [5.41, 5.74) is 0. The molecular weight excluding hydrogens is 202 g/mol. The molecule has 2 heterocycles. The first-order chi connectivity index (χ1) is 7.70. The third-order valence-electron chi connectivity index (χ3n) is 3.24. The van der Waals surface area contributed by atoms with E-state index >= 15 is 0 Å². The van der Waals surface area contributed by atoms with E-state index in [0.29, 0.717) is 12.6 Å². The van der Waals surface area contributed by atoms with E-state index in [9.17, 15) is 4.79 Å². The van der Waals surface area contributed by atoms with Crippen LogP contribution in [0.4, 0.5) is 0 Å². The molecule has 0 saturated carbocycles. The summed E-state index contributed by atoms with van der Waals surface area (Å²) in [5, 5.41) is 0. The average molecular weight is 221 g/mol. The molecule has 1 aliphatic rings. The van der Waals surface area contributed by atoms with E-state index in [1.165, 1.54) is 0 Å². The Bertz CT molecular complexity index is 372. The minimum atomic E-state index is 0.284. The van der Waals surface area contributed by atoms with Crippen LogP contribution in [0.15, 0.2) is 12.4 Å². The Morgan fingerprint density at radius 2 is 2.38 bits per heavy atom. The zero-order valence-corrected chi connectivity index (χ0v) is 10.0. The molecule has 0 radical (unpaired) electrons. The Morgan fingerprint density at radius 1 is 1.56 bits per heavy atom. The molecule has 16 heavy (non-hydrogen) atoms. The van der Waals surface area contributed by atoms with Gasteiger partial charge in [-0.3, -0.25) is 4.79 Å². The summed E-state index contributed by atoms with van der Waals surface area (Å²) in [5.74, 6) is 1.81. The number of aromatic nitrogens is 2. The maximum absolute atomic E-state index is 11.8. The molecule has 4 heteroatoms. The third-order valence-corrected chi connectivity index (χ3v) is 3.24. The average Bonchev–Trinajstić information content (AvgIpc) is 2.77. The molecule has 0 aromatic carbocycles. The minimum Gasteiger partial charge on any atom is -0.324 e. The number of nitrogens with zero attached hydrogens (tertiary/aromatic N) is 3. The zero-order chi connectivity index (χ0) is 11.5. The van der Waals surface area contributed by atoms with Crippen molar-refractivity contribution in [2.75, 3.05) is 6.54 Å². The Hall–Kier alpha value is -1.32. The van der Waals surface area contributed by atoms with Gasteiger partial charge in [0.1, 0.15) is 5.82 Å². The van der Waals surface area contributed by atoms with Gasteiger partial charge in [-0.2, -0.15) is 0 Å². The molecule has 1 amide bonds. The van der Waals surface area contributed by atoms with Crippen molar-refractivity contribution >= 4 is 5.91 Å². The molecule has 1 saturated heterocycles. The summed E-state index contributed by atoms with van der Waals surface area (Å²) in [6, 6.07) is 0. The van der Waals surface area contributed by atoms with Gasteiger partial charge in [0, 0.05) is 25.4 Å². The Morgan fingerprint density at radius 3 is 3.00 bits per heavy atom. The Labute approximate surface area is 96.3 Å². The number of hydrogen-bond acceptors (Lipinski definition) is 2. The van der Waals surface area contributed by atoms with Gasteiger partial charge in [-0.25, -0.2) is 4.98 Å². The van der Waals surface area contributed by atoms with Gasteiger partial charge in [0.25, 0.3) is 0 Å². The van der Waals surface area contributed by atoms with Crippen LogP contribution < -0.4 is 0 Å². The molecule has 1 unspecified atom stereocenters. The zero-order valence-electron chi connectivity index (χ0n) is 10.0. The Balaban J connectivity index is 1.96. The van der Waals surface area contributed by atoms with E-state index in [2.05, 4.69) is 11.9 Å². The van der Waals surface area contributed by atoms with Gasteiger partial charge in [0.05, 0.1) is 6.67 Å². The summed E-state index contributed by atoms with van der Waals surface area (Å²) < 4.78 is 2.02. The lowest BCUT2D eigenvalue weighted by molar-refractivity contribution is -0.129. The van der Waals surface area contributed by atoms with Crippen molar-refractivity contribution in [3.05, 3.63) is 18.2 Å².